The van der Waals surface area contributed by atoms with Gasteiger partial charge in [-0.1, -0.05) is 60.1 Å². The molecular weight excluding hydrogens is 540 g/mol. The van der Waals surface area contributed by atoms with Crippen LogP contribution in [0.5, 0.6) is 0 Å². The summed E-state index contributed by atoms with van der Waals surface area (Å²) in [6, 6.07) is 23.2. The summed E-state index contributed by atoms with van der Waals surface area (Å²) in [6.07, 6.45) is 2.48. The van der Waals surface area contributed by atoms with E-state index in [0.29, 0.717) is 22.8 Å². The molecule has 9 heteroatoms. The lowest BCUT2D eigenvalue weighted by Crippen LogP contribution is -2.47. The van der Waals surface area contributed by atoms with E-state index in [1.165, 1.54) is 4.31 Å². The molecule has 1 unspecified atom stereocenters. The predicted octanol–water partition coefficient (Wildman–Crippen LogP) is 5.00. The second-order valence-electron chi connectivity index (χ2n) is 10.4. The molecule has 0 aromatic heterocycles. The number of piperidine rings is 1. The highest BCUT2D eigenvalue weighted by atomic mass is 35.5. The fourth-order valence-electron chi connectivity index (χ4n) is 6.30. The van der Waals surface area contributed by atoms with E-state index < -0.39 is 30.5 Å². The van der Waals surface area contributed by atoms with Gasteiger partial charge in [-0.3, -0.25) is 0 Å². The van der Waals surface area contributed by atoms with E-state index in [-0.39, 0.29) is 17.4 Å². The molecule has 6 nitrogen and oxygen atoms in total. The van der Waals surface area contributed by atoms with Gasteiger partial charge in [0.2, 0.25) is 10.0 Å². The minimum atomic E-state index is -3.71. The van der Waals surface area contributed by atoms with Gasteiger partial charge in [-0.15, -0.1) is 0 Å². The van der Waals surface area contributed by atoms with Gasteiger partial charge in [-0.25, -0.2) is 21.1 Å². The lowest BCUT2D eigenvalue weighted by molar-refractivity contribution is 0.282. The Morgan fingerprint density at radius 1 is 1.00 bits per heavy atom. The Hall–Kier alpha value is -2.23. The summed E-state index contributed by atoms with van der Waals surface area (Å²) in [7, 11) is -5.66. The van der Waals surface area contributed by atoms with Crippen LogP contribution in [0, 0.1) is 0 Å². The Morgan fingerprint density at radius 2 is 1.68 bits per heavy atom. The molecule has 1 spiro atoms. The molecular formula is C29H33ClN2O4S2. The topological polar surface area (TPSA) is 83.6 Å². The molecule has 1 N–H and O–H groups in total. The summed E-state index contributed by atoms with van der Waals surface area (Å²) in [4.78, 5) is 0.685. The van der Waals surface area contributed by atoms with Crippen molar-refractivity contribution in [3.8, 4) is 0 Å². The summed E-state index contributed by atoms with van der Waals surface area (Å²) >= 11 is 6.33. The van der Waals surface area contributed by atoms with Gasteiger partial charge in [0.15, 0.2) is 9.84 Å². The first kappa shape index (κ1) is 27.3. The fourth-order valence-corrected chi connectivity index (χ4v) is 10.3. The minimum absolute atomic E-state index is 0.214. The first-order chi connectivity index (χ1) is 18.2. The molecule has 1 saturated heterocycles. The maximum absolute atomic E-state index is 13.9. The molecule has 2 heterocycles. The monoisotopic (exact) mass is 572 g/mol. The second-order valence-corrected chi connectivity index (χ2v) is 14.9. The Bertz CT molecular complexity index is 1500. The molecule has 5 rings (SSSR count). The van der Waals surface area contributed by atoms with Gasteiger partial charge in [0, 0.05) is 24.0 Å². The van der Waals surface area contributed by atoms with Gasteiger partial charge < -0.3 is 5.32 Å². The molecule has 1 fully saturated rings. The van der Waals surface area contributed by atoms with Crippen LogP contribution in [0.4, 0.5) is 0 Å². The van der Waals surface area contributed by atoms with Gasteiger partial charge in [0.1, 0.15) is 0 Å². The van der Waals surface area contributed by atoms with Crippen molar-refractivity contribution in [2.45, 2.75) is 52.1 Å². The molecule has 2 atom stereocenters. The molecule has 0 bridgehead atoms. The molecule has 202 valence electrons. The maximum Gasteiger partial charge on any atom is 0.242 e. The third-order valence-electron chi connectivity index (χ3n) is 8.24. The zero-order valence-electron chi connectivity index (χ0n) is 21.4. The number of rotatable bonds is 8. The molecule has 0 aliphatic carbocycles. The molecule has 0 saturated carbocycles. The Balaban J connectivity index is 1.46. The molecule has 0 radical (unpaired) electrons. The van der Waals surface area contributed by atoms with Gasteiger partial charge in [0.25, 0.3) is 0 Å². The van der Waals surface area contributed by atoms with Crippen LogP contribution in [0.25, 0.3) is 0 Å². The summed E-state index contributed by atoms with van der Waals surface area (Å²) in [5, 5.41) is 3.40. The summed E-state index contributed by atoms with van der Waals surface area (Å²) < 4.78 is 55.8. The highest BCUT2D eigenvalue weighted by molar-refractivity contribution is 7.92. The van der Waals surface area contributed by atoms with Gasteiger partial charge in [0.05, 0.1) is 15.0 Å². The average Bonchev–Trinajstić information content (AvgIpc) is 3.10. The summed E-state index contributed by atoms with van der Waals surface area (Å²) in [6.45, 7) is 1.76. The van der Waals surface area contributed by atoms with Crippen molar-refractivity contribution >= 4 is 31.5 Å². The van der Waals surface area contributed by atoms with E-state index in [9.17, 15) is 16.8 Å². The van der Waals surface area contributed by atoms with Gasteiger partial charge in [-0.2, -0.15) is 0 Å². The highest BCUT2D eigenvalue weighted by Gasteiger charge is 2.55. The first-order valence-corrected chi connectivity index (χ1v) is 16.3. The highest BCUT2D eigenvalue weighted by Crippen LogP contribution is 2.52. The number of likely N-dealkylation sites (N-methyl/N-ethyl adjacent to an activating group) is 1. The summed E-state index contributed by atoms with van der Waals surface area (Å²) in [5.74, 6) is -0.227. The van der Waals surface area contributed by atoms with Crippen LogP contribution in [-0.4, -0.2) is 53.1 Å². The normalized spacial score (nSPS) is 20.9. The SMILES string of the molecule is CN(C[C@@H](CCC1C2(CCNCC2)c2ccccc2S1(=O)=O)c1cccc(Cl)c1)S(=O)(=O)c1ccccc1. The minimum Gasteiger partial charge on any atom is -0.317 e. The molecule has 2 aliphatic heterocycles. The van der Waals surface area contributed by atoms with Crippen molar-refractivity contribution in [3.05, 3.63) is 95.0 Å². The zero-order chi connectivity index (χ0) is 27.0. The van der Waals surface area contributed by atoms with Crippen molar-refractivity contribution in [3.63, 3.8) is 0 Å². The summed E-state index contributed by atoms with van der Waals surface area (Å²) in [5.41, 5.74) is 1.41. The van der Waals surface area contributed by atoms with Crippen LogP contribution in [0.2, 0.25) is 5.02 Å². The standard InChI is InChI=1S/C29H33ClN2O4S2/c1-32(38(35,36)25-10-3-2-4-11-25)21-23(22-8-7-9-24(30)20-22)14-15-28-29(16-18-31-19-17-29)26-12-5-6-13-27(26)37(28,33)34/h2-13,20,23,28,31H,14-19,21H2,1H3/t23-,28?/m1/s1. The van der Waals surface area contributed by atoms with Crippen molar-refractivity contribution in [2.24, 2.45) is 0 Å². The molecule has 3 aromatic carbocycles. The van der Waals surface area contributed by atoms with Crippen molar-refractivity contribution in [1.82, 2.24) is 9.62 Å². The number of nitrogens with zero attached hydrogens (tertiary/aromatic N) is 1. The van der Waals surface area contributed by atoms with Gasteiger partial charge >= 0.3 is 0 Å². The van der Waals surface area contributed by atoms with Crippen LogP contribution >= 0.6 is 11.6 Å². The maximum atomic E-state index is 13.9. The number of hydrogen-bond donors (Lipinski definition) is 1. The van der Waals surface area contributed by atoms with E-state index in [4.69, 9.17) is 11.6 Å². The fraction of sp³-hybridized carbons (Fsp3) is 0.379. The molecule has 0 amide bonds. The first-order valence-electron chi connectivity index (χ1n) is 13.0. The molecule has 3 aromatic rings. The Morgan fingerprint density at radius 3 is 2.39 bits per heavy atom. The number of halogens is 1. The Labute approximate surface area is 231 Å². The van der Waals surface area contributed by atoms with Crippen molar-refractivity contribution in [1.29, 1.82) is 0 Å². The second kappa shape index (κ2) is 10.7. The number of sulfonamides is 1. The van der Waals surface area contributed by atoms with Crippen LogP contribution in [-0.2, 0) is 25.3 Å². The van der Waals surface area contributed by atoms with Crippen LogP contribution in [0.3, 0.4) is 0 Å². The number of hydrogen-bond acceptors (Lipinski definition) is 5. The largest absolute Gasteiger partial charge is 0.317 e. The lowest BCUT2D eigenvalue weighted by Gasteiger charge is -2.39. The molecule has 2 aliphatic rings. The number of benzene rings is 3. The third-order valence-corrected chi connectivity index (χ3v) is 12.7. The van der Waals surface area contributed by atoms with Crippen molar-refractivity contribution < 1.29 is 16.8 Å². The number of sulfone groups is 1. The van der Waals surface area contributed by atoms with E-state index in [1.807, 2.05) is 30.3 Å². The van der Waals surface area contributed by atoms with Gasteiger partial charge in [-0.05, 0) is 86.1 Å². The van der Waals surface area contributed by atoms with Crippen LogP contribution in [0.1, 0.15) is 42.7 Å². The number of fused-ring (bicyclic) bond motifs is 2. The zero-order valence-corrected chi connectivity index (χ0v) is 23.8. The van der Waals surface area contributed by atoms with Crippen LogP contribution in [0.15, 0.2) is 88.7 Å². The third kappa shape index (κ3) is 4.93. The van der Waals surface area contributed by atoms with Crippen LogP contribution < -0.4 is 5.32 Å². The van der Waals surface area contributed by atoms with E-state index in [1.54, 1.807) is 55.6 Å². The molecule has 38 heavy (non-hydrogen) atoms. The van der Waals surface area contributed by atoms with Crippen molar-refractivity contribution in [2.75, 3.05) is 26.7 Å². The Kier molecular flexibility index (Phi) is 7.73. The van der Waals surface area contributed by atoms with E-state index in [2.05, 4.69) is 5.32 Å². The number of nitrogens with one attached hydrogen (secondary N) is 1. The van der Waals surface area contributed by atoms with E-state index in [0.717, 1.165) is 37.1 Å². The van der Waals surface area contributed by atoms with E-state index >= 15 is 0 Å². The average molecular weight is 573 g/mol. The predicted molar refractivity (Wildman–Crippen MR) is 151 cm³/mol. The smallest absolute Gasteiger partial charge is 0.242 e. The quantitative estimate of drug-likeness (QED) is 0.411. The lowest BCUT2D eigenvalue weighted by atomic mass is 9.69.